The van der Waals surface area contributed by atoms with Gasteiger partial charge in [-0.3, -0.25) is 9.69 Å². The van der Waals surface area contributed by atoms with Gasteiger partial charge in [-0.05, 0) is 25.0 Å². The molecule has 0 saturated heterocycles. The molecule has 0 amide bonds. The van der Waals surface area contributed by atoms with Gasteiger partial charge in [-0.2, -0.15) is 0 Å². The zero-order chi connectivity index (χ0) is 13.2. The van der Waals surface area contributed by atoms with Crippen LogP contribution in [-0.2, 0) is 6.54 Å². The molecule has 0 aliphatic heterocycles. The summed E-state index contributed by atoms with van der Waals surface area (Å²) in [7, 11) is 0. The highest BCUT2D eigenvalue weighted by Crippen LogP contribution is 2.27. The highest BCUT2D eigenvalue weighted by Gasteiger charge is 2.29. The fourth-order valence-corrected chi connectivity index (χ4v) is 2.33. The first kappa shape index (κ1) is 12.3. The molecule has 5 nitrogen and oxygen atoms in total. The summed E-state index contributed by atoms with van der Waals surface area (Å²) in [5.74, 6) is 0. The monoisotopic (exact) mass is 259 g/mol. The number of rotatable bonds is 5. The second-order valence-electron chi connectivity index (χ2n) is 4.96. The molecule has 1 aromatic heterocycles. The molecule has 3 rings (SSSR count). The summed E-state index contributed by atoms with van der Waals surface area (Å²) >= 11 is 0. The Morgan fingerprint density at radius 2 is 2.16 bits per heavy atom. The number of nitrogens with one attached hydrogen (secondary N) is 1. The van der Waals surface area contributed by atoms with Crippen molar-refractivity contribution in [2.45, 2.75) is 25.4 Å². The predicted molar refractivity (Wildman–Crippen MR) is 72.9 cm³/mol. The first-order valence-electron chi connectivity index (χ1n) is 6.61. The summed E-state index contributed by atoms with van der Waals surface area (Å²) < 4.78 is 0. The third-order valence-corrected chi connectivity index (χ3v) is 3.47. The lowest BCUT2D eigenvalue weighted by atomic mass is 10.3. The third kappa shape index (κ3) is 2.67. The lowest BCUT2D eigenvalue weighted by Crippen LogP contribution is -2.32. The maximum Gasteiger partial charge on any atom is 0.271 e. The smallest absolute Gasteiger partial charge is 0.271 e. The van der Waals surface area contributed by atoms with Gasteiger partial charge in [0.05, 0.1) is 17.6 Å². The van der Waals surface area contributed by atoms with Crippen LogP contribution >= 0.6 is 0 Å². The molecule has 0 unspecified atom stereocenters. The van der Waals surface area contributed by atoms with Crippen molar-refractivity contribution in [1.29, 1.82) is 0 Å². The van der Waals surface area contributed by atoms with E-state index < -0.39 is 0 Å². The highest BCUT2D eigenvalue weighted by atomic mass is 16.3. The maximum atomic E-state index is 12.0. The number of hydrogen-bond acceptors (Lipinski definition) is 4. The molecule has 0 spiro atoms. The summed E-state index contributed by atoms with van der Waals surface area (Å²) in [5, 5.41) is 9.08. The molecule has 2 aromatic rings. The molecule has 2 N–H and O–H groups in total. The summed E-state index contributed by atoms with van der Waals surface area (Å²) in [6.07, 6.45) is 2.29. The van der Waals surface area contributed by atoms with Gasteiger partial charge in [0.15, 0.2) is 0 Å². The van der Waals surface area contributed by atoms with E-state index in [1.54, 1.807) is 0 Å². The SMILES string of the molecule is O=c1[nH]c2ccccc2nc1CN(CCO)C1CC1. The number of aromatic amines is 1. The van der Waals surface area contributed by atoms with Crippen molar-refractivity contribution in [2.75, 3.05) is 13.2 Å². The molecule has 1 aliphatic carbocycles. The van der Waals surface area contributed by atoms with Gasteiger partial charge in [0, 0.05) is 19.1 Å². The average Bonchev–Trinajstić information content (AvgIpc) is 3.23. The van der Waals surface area contributed by atoms with E-state index >= 15 is 0 Å². The van der Waals surface area contributed by atoms with Gasteiger partial charge in [0.1, 0.15) is 5.69 Å². The number of para-hydroxylation sites is 2. The molecule has 100 valence electrons. The second-order valence-corrected chi connectivity index (χ2v) is 4.96. The van der Waals surface area contributed by atoms with Crippen LogP contribution in [0.25, 0.3) is 11.0 Å². The van der Waals surface area contributed by atoms with Crippen LogP contribution in [0.5, 0.6) is 0 Å². The first-order chi connectivity index (χ1) is 9.28. The number of aliphatic hydroxyl groups is 1. The van der Waals surface area contributed by atoms with Crippen molar-refractivity contribution in [2.24, 2.45) is 0 Å². The number of H-pyrrole nitrogens is 1. The standard InChI is InChI=1S/C14H17N3O2/c18-8-7-17(10-5-6-10)9-13-14(19)16-12-4-2-1-3-11(12)15-13/h1-4,10,18H,5-9H2,(H,16,19). The van der Waals surface area contributed by atoms with Crippen molar-refractivity contribution < 1.29 is 5.11 Å². The first-order valence-corrected chi connectivity index (χ1v) is 6.61. The van der Waals surface area contributed by atoms with Gasteiger partial charge in [0.25, 0.3) is 5.56 Å². The zero-order valence-electron chi connectivity index (χ0n) is 10.7. The van der Waals surface area contributed by atoms with Gasteiger partial charge in [0.2, 0.25) is 0 Å². The molecule has 5 heteroatoms. The van der Waals surface area contributed by atoms with Crippen LogP contribution < -0.4 is 5.56 Å². The van der Waals surface area contributed by atoms with Gasteiger partial charge in [-0.15, -0.1) is 0 Å². The zero-order valence-corrected chi connectivity index (χ0v) is 10.7. The minimum atomic E-state index is -0.137. The van der Waals surface area contributed by atoms with E-state index in [-0.39, 0.29) is 12.2 Å². The van der Waals surface area contributed by atoms with Crippen molar-refractivity contribution in [3.63, 3.8) is 0 Å². The Hall–Kier alpha value is -1.72. The molecule has 1 heterocycles. The fourth-order valence-electron chi connectivity index (χ4n) is 2.33. The number of benzene rings is 1. The summed E-state index contributed by atoms with van der Waals surface area (Å²) in [5.41, 5.74) is 1.95. The normalized spacial score (nSPS) is 15.3. The summed E-state index contributed by atoms with van der Waals surface area (Å²) in [6, 6.07) is 8.02. The molecule has 1 aliphatic rings. The second kappa shape index (κ2) is 5.11. The van der Waals surface area contributed by atoms with Crippen LogP contribution in [0.4, 0.5) is 0 Å². The Labute approximate surface area is 110 Å². The molecule has 1 saturated carbocycles. The van der Waals surface area contributed by atoms with Crippen molar-refractivity contribution in [1.82, 2.24) is 14.9 Å². The minimum absolute atomic E-state index is 0.113. The van der Waals surface area contributed by atoms with E-state index in [0.29, 0.717) is 24.8 Å². The number of fused-ring (bicyclic) bond motifs is 1. The molecule has 0 bridgehead atoms. The minimum Gasteiger partial charge on any atom is -0.395 e. The lowest BCUT2D eigenvalue weighted by Gasteiger charge is -2.19. The quantitative estimate of drug-likeness (QED) is 0.836. The Balaban J connectivity index is 1.90. The van der Waals surface area contributed by atoms with Crippen LogP contribution in [0.2, 0.25) is 0 Å². The number of nitrogens with zero attached hydrogens (tertiary/aromatic N) is 2. The van der Waals surface area contributed by atoms with Crippen LogP contribution in [0, 0.1) is 0 Å². The molecule has 0 radical (unpaired) electrons. The van der Waals surface area contributed by atoms with Crippen LogP contribution in [-0.4, -0.2) is 39.2 Å². The molecule has 0 atom stereocenters. The molecular weight excluding hydrogens is 242 g/mol. The number of aromatic nitrogens is 2. The molecule has 1 aromatic carbocycles. The number of aliphatic hydroxyl groups excluding tert-OH is 1. The van der Waals surface area contributed by atoms with Gasteiger partial charge in [-0.1, -0.05) is 12.1 Å². The largest absolute Gasteiger partial charge is 0.395 e. The van der Waals surface area contributed by atoms with Crippen LogP contribution in [0.1, 0.15) is 18.5 Å². The molecular formula is C14H17N3O2. The van der Waals surface area contributed by atoms with E-state index in [1.165, 1.54) is 0 Å². The Morgan fingerprint density at radius 3 is 2.89 bits per heavy atom. The van der Waals surface area contributed by atoms with Gasteiger partial charge >= 0.3 is 0 Å². The topological polar surface area (TPSA) is 69.2 Å². The Morgan fingerprint density at radius 1 is 1.37 bits per heavy atom. The van der Waals surface area contributed by atoms with Crippen LogP contribution in [0.3, 0.4) is 0 Å². The van der Waals surface area contributed by atoms with Gasteiger partial charge < -0.3 is 10.1 Å². The Kier molecular flexibility index (Phi) is 3.31. The fraction of sp³-hybridized carbons (Fsp3) is 0.429. The van der Waals surface area contributed by atoms with E-state index in [0.717, 1.165) is 23.9 Å². The predicted octanol–water partition coefficient (Wildman–Crippen LogP) is 0.880. The van der Waals surface area contributed by atoms with Crippen LogP contribution in [0.15, 0.2) is 29.1 Å². The molecule has 19 heavy (non-hydrogen) atoms. The van der Waals surface area contributed by atoms with Crippen molar-refractivity contribution in [3.05, 3.63) is 40.3 Å². The highest BCUT2D eigenvalue weighted by molar-refractivity contribution is 5.73. The van der Waals surface area contributed by atoms with Gasteiger partial charge in [-0.25, -0.2) is 4.98 Å². The molecule has 1 fully saturated rings. The Bertz CT molecular complexity index is 634. The van der Waals surface area contributed by atoms with E-state index in [9.17, 15) is 4.79 Å². The average molecular weight is 259 g/mol. The van der Waals surface area contributed by atoms with Crippen molar-refractivity contribution >= 4 is 11.0 Å². The third-order valence-electron chi connectivity index (χ3n) is 3.47. The van der Waals surface area contributed by atoms with E-state index in [1.807, 2.05) is 24.3 Å². The van der Waals surface area contributed by atoms with E-state index in [2.05, 4.69) is 14.9 Å². The maximum absolute atomic E-state index is 12.0. The van der Waals surface area contributed by atoms with Crippen molar-refractivity contribution in [3.8, 4) is 0 Å². The summed E-state index contributed by atoms with van der Waals surface area (Å²) in [6.45, 7) is 1.21. The lowest BCUT2D eigenvalue weighted by molar-refractivity contribution is 0.181. The number of hydrogen-bond donors (Lipinski definition) is 2. The summed E-state index contributed by atoms with van der Waals surface area (Å²) in [4.78, 5) is 21.4. The van der Waals surface area contributed by atoms with E-state index in [4.69, 9.17) is 5.11 Å².